The minimum absolute atomic E-state index is 0.163. The molecule has 0 atom stereocenters. The van der Waals surface area contributed by atoms with Crippen molar-refractivity contribution in [1.82, 2.24) is 9.78 Å². The first-order valence-corrected chi connectivity index (χ1v) is 12.9. The molecule has 1 N–H and O–H groups in total. The molecule has 0 aliphatic carbocycles. The summed E-state index contributed by atoms with van der Waals surface area (Å²) in [6, 6.07) is 13.2. The predicted octanol–water partition coefficient (Wildman–Crippen LogP) is 6.13. The van der Waals surface area contributed by atoms with Gasteiger partial charge in [-0.15, -0.1) is 0 Å². The zero-order valence-corrected chi connectivity index (χ0v) is 20.4. The molecule has 3 aromatic rings. The molecule has 0 aliphatic rings. The standard InChI is InChI=1S/C25H29FN3O4P/c1-4-29-25(20-9-12-22(26)13-10-20)21(17-27-29)11-16-24(30)28-23-14-7-19(8-15-23)18-34(31,32-5-2)33-6-3/h7-17H,4-6,18H2,1-3H3,(H,28,30). The third kappa shape index (κ3) is 6.73. The predicted molar refractivity (Wildman–Crippen MR) is 132 cm³/mol. The Balaban J connectivity index is 1.68. The Morgan fingerprint density at radius 3 is 2.29 bits per heavy atom. The lowest BCUT2D eigenvalue weighted by molar-refractivity contribution is -0.111. The molecule has 3 rings (SSSR count). The second kappa shape index (κ2) is 11.9. The number of hydrogen-bond donors (Lipinski definition) is 1. The van der Waals surface area contributed by atoms with Gasteiger partial charge in [0.25, 0.3) is 0 Å². The molecule has 0 fully saturated rings. The average molecular weight is 485 g/mol. The maximum Gasteiger partial charge on any atom is 0.335 e. The van der Waals surface area contributed by atoms with Crippen molar-refractivity contribution in [3.63, 3.8) is 0 Å². The van der Waals surface area contributed by atoms with E-state index >= 15 is 0 Å². The van der Waals surface area contributed by atoms with Gasteiger partial charge in [0.05, 0.1) is 31.3 Å². The van der Waals surface area contributed by atoms with Crippen LogP contribution in [0.3, 0.4) is 0 Å². The van der Waals surface area contributed by atoms with Gasteiger partial charge in [0.1, 0.15) is 5.82 Å². The number of anilines is 1. The van der Waals surface area contributed by atoms with Crippen LogP contribution in [0.5, 0.6) is 0 Å². The third-order valence-electron chi connectivity index (χ3n) is 4.95. The van der Waals surface area contributed by atoms with Gasteiger partial charge in [-0.25, -0.2) is 4.39 Å². The van der Waals surface area contributed by atoms with E-state index in [9.17, 15) is 13.8 Å². The maximum absolute atomic E-state index is 13.3. The lowest BCUT2D eigenvalue weighted by Crippen LogP contribution is -2.07. The molecule has 0 bridgehead atoms. The largest absolute Gasteiger partial charge is 0.335 e. The van der Waals surface area contributed by atoms with Crippen molar-refractivity contribution in [1.29, 1.82) is 0 Å². The highest BCUT2D eigenvalue weighted by Crippen LogP contribution is 2.51. The molecule has 0 radical (unpaired) electrons. The van der Waals surface area contributed by atoms with Crippen molar-refractivity contribution in [3.05, 3.63) is 77.7 Å². The van der Waals surface area contributed by atoms with Crippen LogP contribution in [-0.2, 0) is 31.1 Å². The van der Waals surface area contributed by atoms with Gasteiger partial charge in [-0.2, -0.15) is 5.10 Å². The molecule has 34 heavy (non-hydrogen) atoms. The molecule has 180 valence electrons. The molecule has 0 unspecified atom stereocenters. The van der Waals surface area contributed by atoms with E-state index in [1.807, 2.05) is 6.92 Å². The van der Waals surface area contributed by atoms with E-state index in [1.165, 1.54) is 18.2 Å². The number of hydrogen-bond acceptors (Lipinski definition) is 5. The van der Waals surface area contributed by atoms with Gasteiger partial charge in [0.15, 0.2) is 0 Å². The lowest BCUT2D eigenvalue weighted by Gasteiger charge is -2.17. The summed E-state index contributed by atoms with van der Waals surface area (Å²) in [5, 5.41) is 7.16. The number of benzene rings is 2. The number of rotatable bonds is 11. The van der Waals surface area contributed by atoms with Crippen molar-refractivity contribution < 1.29 is 22.8 Å². The lowest BCUT2D eigenvalue weighted by atomic mass is 10.1. The molecule has 1 amide bonds. The van der Waals surface area contributed by atoms with Gasteiger partial charge >= 0.3 is 7.60 Å². The van der Waals surface area contributed by atoms with Crippen molar-refractivity contribution in [2.75, 3.05) is 18.5 Å². The highest BCUT2D eigenvalue weighted by molar-refractivity contribution is 7.53. The normalized spacial score (nSPS) is 11.8. The number of carbonyl (C=O) groups excluding carboxylic acids is 1. The molecule has 7 nitrogen and oxygen atoms in total. The Hall–Kier alpha value is -3.06. The van der Waals surface area contributed by atoms with Crippen molar-refractivity contribution in [2.24, 2.45) is 0 Å². The Kier molecular flexibility index (Phi) is 8.93. The monoisotopic (exact) mass is 485 g/mol. The number of aromatic nitrogens is 2. The number of nitrogens with one attached hydrogen (secondary N) is 1. The topological polar surface area (TPSA) is 82.5 Å². The molecule has 2 aromatic carbocycles. The minimum atomic E-state index is -3.19. The quantitative estimate of drug-likeness (QED) is 0.261. The Labute approximate surface area is 199 Å². The van der Waals surface area contributed by atoms with Crippen LogP contribution in [0.25, 0.3) is 17.3 Å². The third-order valence-corrected chi connectivity index (χ3v) is 7.00. The van der Waals surface area contributed by atoms with E-state index in [-0.39, 0.29) is 17.9 Å². The van der Waals surface area contributed by atoms with Gasteiger partial charge < -0.3 is 14.4 Å². The van der Waals surface area contributed by atoms with E-state index in [2.05, 4.69) is 10.4 Å². The summed E-state index contributed by atoms with van der Waals surface area (Å²) >= 11 is 0. The molecule has 0 aliphatic heterocycles. The number of carbonyl (C=O) groups is 1. The summed E-state index contributed by atoms with van der Waals surface area (Å²) in [6.07, 6.45) is 4.95. The minimum Gasteiger partial charge on any atom is -0.323 e. The van der Waals surface area contributed by atoms with Gasteiger partial charge in [0, 0.05) is 29.4 Å². The maximum atomic E-state index is 13.3. The van der Waals surface area contributed by atoms with Crippen LogP contribution in [-0.4, -0.2) is 28.9 Å². The van der Waals surface area contributed by atoms with Crippen molar-refractivity contribution >= 4 is 25.3 Å². The molecule has 0 saturated heterocycles. The fourth-order valence-corrected chi connectivity index (χ4v) is 5.18. The van der Waals surface area contributed by atoms with Crippen molar-refractivity contribution in [3.8, 4) is 11.3 Å². The van der Waals surface area contributed by atoms with E-state index < -0.39 is 7.60 Å². The van der Waals surface area contributed by atoms with E-state index in [0.717, 1.165) is 22.4 Å². The molecular formula is C25H29FN3O4P. The molecular weight excluding hydrogens is 456 g/mol. The van der Waals surface area contributed by atoms with Gasteiger partial charge in [-0.05, 0) is 68.8 Å². The van der Waals surface area contributed by atoms with Crippen LogP contribution >= 0.6 is 7.60 Å². The Morgan fingerprint density at radius 2 is 1.71 bits per heavy atom. The zero-order valence-electron chi connectivity index (χ0n) is 19.5. The van der Waals surface area contributed by atoms with Crippen LogP contribution < -0.4 is 5.32 Å². The zero-order chi connectivity index (χ0) is 24.6. The van der Waals surface area contributed by atoms with E-state index in [4.69, 9.17) is 9.05 Å². The Bertz CT molecular complexity index is 1160. The van der Waals surface area contributed by atoms with Gasteiger partial charge in [-0.1, -0.05) is 12.1 Å². The fourth-order valence-electron chi connectivity index (χ4n) is 3.47. The van der Waals surface area contributed by atoms with Gasteiger partial charge in [0.2, 0.25) is 5.91 Å². The summed E-state index contributed by atoms with van der Waals surface area (Å²) in [5.41, 5.74) is 3.76. The summed E-state index contributed by atoms with van der Waals surface area (Å²) in [4.78, 5) is 12.5. The van der Waals surface area contributed by atoms with Crippen LogP contribution in [0.2, 0.25) is 0 Å². The first-order chi connectivity index (χ1) is 16.4. The molecule has 1 aromatic heterocycles. The number of nitrogens with zero attached hydrogens (tertiary/aromatic N) is 2. The van der Waals surface area contributed by atoms with Crippen molar-refractivity contribution in [2.45, 2.75) is 33.5 Å². The summed E-state index contributed by atoms with van der Waals surface area (Å²) in [6.45, 7) is 6.75. The number of aryl methyl sites for hydroxylation is 1. The first kappa shape index (κ1) is 25.6. The fraction of sp³-hybridized carbons (Fsp3) is 0.280. The highest BCUT2D eigenvalue weighted by atomic mass is 31.2. The average Bonchev–Trinajstić information content (AvgIpc) is 3.23. The van der Waals surface area contributed by atoms with E-state index in [1.54, 1.807) is 67.2 Å². The molecule has 1 heterocycles. The number of amides is 1. The summed E-state index contributed by atoms with van der Waals surface area (Å²) in [5.74, 6) is -0.622. The summed E-state index contributed by atoms with van der Waals surface area (Å²) in [7, 11) is -3.19. The second-order valence-corrected chi connectivity index (χ2v) is 9.45. The first-order valence-electron chi connectivity index (χ1n) is 11.1. The highest BCUT2D eigenvalue weighted by Gasteiger charge is 2.23. The van der Waals surface area contributed by atoms with Crippen LogP contribution in [0.15, 0.2) is 60.8 Å². The molecule has 0 spiro atoms. The Morgan fingerprint density at radius 1 is 1.06 bits per heavy atom. The molecule has 0 saturated carbocycles. The molecule has 9 heteroatoms. The second-order valence-electron chi connectivity index (χ2n) is 7.40. The van der Waals surface area contributed by atoms with Crippen LogP contribution in [0, 0.1) is 5.82 Å². The SMILES string of the molecule is CCOP(=O)(Cc1ccc(NC(=O)C=Cc2cnn(CC)c2-c2ccc(F)cc2)cc1)OCC. The number of halogens is 1. The van der Waals surface area contributed by atoms with Gasteiger partial charge in [-0.3, -0.25) is 14.0 Å². The smallest absolute Gasteiger partial charge is 0.323 e. The van der Waals surface area contributed by atoms with Crippen LogP contribution in [0.4, 0.5) is 10.1 Å². The van der Waals surface area contributed by atoms with E-state index in [0.29, 0.717) is 25.4 Å². The summed E-state index contributed by atoms with van der Waals surface area (Å²) < 4.78 is 38.5. The van der Waals surface area contributed by atoms with Crippen LogP contribution in [0.1, 0.15) is 31.9 Å².